The summed E-state index contributed by atoms with van der Waals surface area (Å²) < 4.78 is 2.51. The molecule has 0 saturated carbocycles. The zero-order valence-electron chi connectivity index (χ0n) is 9.32. The van der Waals surface area contributed by atoms with Crippen molar-refractivity contribution in [3.05, 3.63) is 40.6 Å². The van der Waals surface area contributed by atoms with Crippen molar-refractivity contribution in [1.82, 2.24) is 15.0 Å². The van der Waals surface area contributed by atoms with Crippen molar-refractivity contribution in [3.8, 4) is 5.69 Å². The molecule has 94 valence electrons. The molecule has 0 spiro atoms. The first-order valence-corrected chi connectivity index (χ1v) is 6.01. The van der Waals surface area contributed by atoms with Crippen molar-refractivity contribution in [2.45, 2.75) is 12.5 Å². The summed E-state index contributed by atoms with van der Waals surface area (Å²) in [6, 6.07) is 6.58. The Morgan fingerprint density at radius 2 is 2.33 bits per heavy atom. The Morgan fingerprint density at radius 1 is 1.56 bits per heavy atom. The van der Waals surface area contributed by atoms with Gasteiger partial charge in [-0.3, -0.25) is 4.79 Å². The predicted molar refractivity (Wildman–Crippen MR) is 68.4 cm³/mol. The smallest absolute Gasteiger partial charge is 0.320 e. The van der Waals surface area contributed by atoms with E-state index in [1.807, 2.05) is 24.3 Å². The highest BCUT2D eigenvalue weighted by atomic mass is 79.9. The first kappa shape index (κ1) is 12.7. The van der Waals surface area contributed by atoms with E-state index in [1.165, 1.54) is 0 Å². The van der Waals surface area contributed by atoms with E-state index in [0.717, 1.165) is 10.2 Å². The molecule has 3 N–H and O–H groups in total. The zero-order valence-corrected chi connectivity index (χ0v) is 10.9. The molecule has 0 saturated heterocycles. The molecule has 0 radical (unpaired) electrons. The SMILES string of the molecule is NC(Cc1cn(-c2cccc(Br)c2)nn1)C(=O)O. The second-order valence-corrected chi connectivity index (χ2v) is 4.70. The van der Waals surface area contributed by atoms with Crippen LogP contribution < -0.4 is 5.73 Å². The lowest BCUT2D eigenvalue weighted by molar-refractivity contribution is -0.138. The second kappa shape index (κ2) is 5.28. The molecule has 0 aliphatic carbocycles. The van der Waals surface area contributed by atoms with Crippen LogP contribution in [0.3, 0.4) is 0 Å². The number of aliphatic carboxylic acids is 1. The normalized spacial score (nSPS) is 12.3. The zero-order chi connectivity index (χ0) is 13.1. The number of rotatable bonds is 4. The van der Waals surface area contributed by atoms with Gasteiger partial charge in [0, 0.05) is 10.9 Å². The number of carboxylic acids is 1. The van der Waals surface area contributed by atoms with Gasteiger partial charge in [0.25, 0.3) is 0 Å². The van der Waals surface area contributed by atoms with Crippen LogP contribution in [0.4, 0.5) is 0 Å². The molecule has 1 unspecified atom stereocenters. The fraction of sp³-hybridized carbons (Fsp3) is 0.182. The predicted octanol–water partition coefficient (Wildman–Crippen LogP) is 0.984. The first-order chi connectivity index (χ1) is 8.56. The summed E-state index contributed by atoms with van der Waals surface area (Å²) in [4.78, 5) is 10.6. The van der Waals surface area contributed by atoms with Crippen LogP contribution in [0.15, 0.2) is 34.9 Å². The lowest BCUT2D eigenvalue weighted by Crippen LogP contribution is -2.32. The van der Waals surface area contributed by atoms with Gasteiger partial charge in [-0.25, -0.2) is 4.68 Å². The molecular weight excluding hydrogens is 300 g/mol. The van der Waals surface area contributed by atoms with E-state index in [9.17, 15) is 4.79 Å². The van der Waals surface area contributed by atoms with Gasteiger partial charge in [0.05, 0.1) is 17.6 Å². The van der Waals surface area contributed by atoms with Crippen LogP contribution in [-0.2, 0) is 11.2 Å². The van der Waals surface area contributed by atoms with Crippen molar-refractivity contribution in [3.63, 3.8) is 0 Å². The highest BCUT2D eigenvalue weighted by Gasteiger charge is 2.14. The minimum Gasteiger partial charge on any atom is -0.480 e. The number of nitrogens with zero attached hydrogens (tertiary/aromatic N) is 3. The van der Waals surface area contributed by atoms with Gasteiger partial charge in [-0.1, -0.05) is 27.2 Å². The largest absolute Gasteiger partial charge is 0.480 e. The molecule has 0 amide bonds. The number of carbonyl (C=O) groups is 1. The molecule has 0 fully saturated rings. The number of carboxylic acid groups (broad SMARTS) is 1. The van der Waals surface area contributed by atoms with E-state index in [1.54, 1.807) is 10.9 Å². The van der Waals surface area contributed by atoms with Crippen LogP contribution in [0.5, 0.6) is 0 Å². The van der Waals surface area contributed by atoms with Crippen molar-refractivity contribution in [1.29, 1.82) is 0 Å². The fourth-order valence-corrected chi connectivity index (χ4v) is 1.84. The molecule has 0 aliphatic heterocycles. The Morgan fingerprint density at radius 3 is 3.00 bits per heavy atom. The maximum absolute atomic E-state index is 10.6. The van der Waals surface area contributed by atoms with Gasteiger partial charge in [-0.2, -0.15) is 0 Å². The number of hydrogen-bond donors (Lipinski definition) is 2. The Hall–Kier alpha value is -1.73. The molecule has 1 heterocycles. The van der Waals surface area contributed by atoms with Gasteiger partial charge in [0.15, 0.2) is 0 Å². The van der Waals surface area contributed by atoms with Gasteiger partial charge < -0.3 is 10.8 Å². The summed E-state index contributed by atoms with van der Waals surface area (Å²) in [5.41, 5.74) is 6.82. The third-order valence-corrected chi connectivity index (χ3v) is 2.85. The number of aromatic nitrogens is 3. The van der Waals surface area contributed by atoms with Crippen LogP contribution in [0.1, 0.15) is 5.69 Å². The number of hydrogen-bond acceptors (Lipinski definition) is 4. The van der Waals surface area contributed by atoms with Crippen LogP contribution in [0.2, 0.25) is 0 Å². The molecular formula is C11H11BrN4O2. The molecule has 2 rings (SSSR count). The topological polar surface area (TPSA) is 94.0 Å². The molecule has 0 bridgehead atoms. The van der Waals surface area contributed by atoms with E-state index >= 15 is 0 Å². The highest BCUT2D eigenvalue weighted by Crippen LogP contribution is 2.14. The van der Waals surface area contributed by atoms with Gasteiger partial charge >= 0.3 is 5.97 Å². The van der Waals surface area contributed by atoms with Crippen LogP contribution in [0.25, 0.3) is 5.69 Å². The lowest BCUT2D eigenvalue weighted by atomic mass is 10.2. The van der Waals surface area contributed by atoms with E-state index in [0.29, 0.717) is 5.69 Å². The standard InChI is InChI=1S/C11H11BrN4O2/c12-7-2-1-3-9(4-7)16-6-8(14-15-16)5-10(13)11(17)18/h1-4,6,10H,5,13H2,(H,17,18). The van der Waals surface area contributed by atoms with Gasteiger partial charge in [0.1, 0.15) is 6.04 Å². The maximum Gasteiger partial charge on any atom is 0.320 e. The second-order valence-electron chi connectivity index (χ2n) is 3.78. The van der Waals surface area contributed by atoms with E-state index < -0.39 is 12.0 Å². The molecule has 2 aromatic rings. The average Bonchev–Trinajstić information content (AvgIpc) is 2.77. The van der Waals surface area contributed by atoms with Gasteiger partial charge in [-0.15, -0.1) is 5.10 Å². The summed E-state index contributed by atoms with van der Waals surface area (Å²) in [6.45, 7) is 0. The maximum atomic E-state index is 10.6. The average molecular weight is 311 g/mol. The Bertz CT molecular complexity index is 570. The minimum absolute atomic E-state index is 0.156. The minimum atomic E-state index is -1.05. The van der Waals surface area contributed by atoms with E-state index in [2.05, 4.69) is 26.2 Å². The third kappa shape index (κ3) is 2.93. The molecule has 0 aliphatic rings. The molecule has 1 atom stereocenters. The van der Waals surface area contributed by atoms with Gasteiger partial charge in [0.2, 0.25) is 0 Å². The van der Waals surface area contributed by atoms with Crippen LogP contribution in [-0.4, -0.2) is 32.1 Å². The summed E-state index contributed by atoms with van der Waals surface area (Å²) in [5.74, 6) is -1.05. The highest BCUT2D eigenvalue weighted by molar-refractivity contribution is 9.10. The summed E-state index contributed by atoms with van der Waals surface area (Å²) in [6.07, 6.45) is 1.83. The number of nitrogens with two attached hydrogens (primary N) is 1. The molecule has 1 aromatic heterocycles. The van der Waals surface area contributed by atoms with Crippen molar-refractivity contribution in [2.75, 3.05) is 0 Å². The summed E-state index contributed by atoms with van der Waals surface area (Å²) >= 11 is 3.37. The van der Waals surface area contributed by atoms with E-state index in [4.69, 9.17) is 10.8 Å². The lowest BCUT2D eigenvalue weighted by Gasteiger charge is -2.02. The van der Waals surface area contributed by atoms with E-state index in [-0.39, 0.29) is 6.42 Å². The molecule has 18 heavy (non-hydrogen) atoms. The number of benzene rings is 1. The monoisotopic (exact) mass is 310 g/mol. The third-order valence-electron chi connectivity index (χ3n) is 2.36. The van der Waals surface area contributed by atoms with Crippen LogP contribution >= 0.6 is 15.9 Å². The fourth-order valence-electron chi connectivity index (χ4n) is 1.45. The molecule has 6 nitrogen and oxygen atoms in total. The molecule has 1 aromatic carbocycles. The Labute approximate surface area is 112 Å². The van der Waals surface area contributed by atoms with Gasteiger partial charge in [-0.05, 0) is 18.2 Å². The molecule has 7 heteroatoms. The Balaban J connectivity index is 2.18. The van der Waals surface area contributed by atoms with Crippen LogP contribution in [0, 0.1) is 0 Å². The first-order valence-electron chi connectivity index (χ1n) is 5.22. The summed E-state index contributed by atoms with van der Waals surface area (Å²) in [7, 11) is 0. The van der Waals surface area contributed by atoms with Crippen molar-refractivity contribution >= 4 is 21.9 Å². The Kier molecular flexibility index (Phi) is 3.73. The number of halogens is 1. The van der Waals surface area contributed by atoms with Crippen molar-refractivity contribution in [2.24, 2.45) is 5.73 Å². The summed E-state index contributed by atoms with van der Waals surface area (Å²) in [5, 5.41) is 16.6. The quantitative estimate of drug-likeness (QED) is 0.878. The van der Waals surface area contributed by atoms with Crippen molar-refractivity contribution < 1.29 is 9.90 Å².